The first-order chi connectivity index (χ1) is 11.4. The molecule has 0 radical (unpaired) electrons. The van der Waals surface area contributed by atoms with Crippen LogP contribution in [-0.4, -0.2) is 11.1 Å². The number of benzene rings is 2. The van der Waals surface area contributed by atoms with Crippen molar-refractivity contribution in [3.05, 3.63) is 59.2 Å². The highest BCUT2D eigenvalue weighted by molar-refractivity contribution is 7.80. The number of anilines is 2. The average molecular weight is 350 g/mol. The van der Waals surface area contributed by atoms with E-state index in [0.717, 1.165) is 23.3 Å². The summed E-state index contributed by atoms with van der Waals surface area (Å²) in [5.74, 6) is -1.48. The molecule has 0 atom stereocenters. The minimum atomic E-state index is -0.793. The number of carbonyl (C=O) groups excluding carboxylic acids is 1. The summed E-state index contributed by atoms with van der Waals surface area (Å²) in [4.78, 5) is 11.8. The number of nitrogens with one attached hydrogen (secondary N) is 4. The van der Waals surface area contributed by atoms with Gasteiger partial charge in [-0.3, -0.25) is 5.43 Å². The summed E-state index contributed by atoms with van der Waals surface area (Å²) in [5, 5.41) is 5.13. The van der Waals surface area contributed by atoms with Crippen molar-refractivity contribution in [1.82, 2.24) is 10.9 Å². The van der Waals surface area contributed by atoms with Gasteiger partial charge in [-0.1, -0.05) is 12.1 Å². The topological polar surface area (TPSA) is 65.2 Å². The average Bonchev–Trinajstić information content (AvgIpc) is 2.53. The molecule has 0 fully saturated rings. The molecule has 0 aliphatic rings. The summed E-state index contributed by atoms with van der Waals surface area (Å²) in [6, 6.07) is 8.02. The van der Waals surface area contributed by atoms with Crippen molar-refractivity contribution in [2.75, 3.05) is 10.6 Å². The fourth-order valence-corrected chi connectivity index (χ4v) is 2.06. The third-order valence-electron chi connectivity index (χ3n) is 3.32. The first-order valence-corrected chi connectivity index (χ1v) is 7.43. The molecule has 2 aromatic rings. The van der Waals surface area contributed by atoms with Gasteiger partial charge in [-0.25, -0.2) is 19.0 Å². The number of amides is 2. The number of thiocarbonyl (C=S) groups is 1. The van der Waals surface area contributed by atoms with Crippen LogP contribution in [0.5, 0.6) is 0 Å². The number of carbonyl (C=O) groups is 1. The van der Waals surface area contributed by atoms with Gasteiger partial charge in [-0.2, -0.15) is 0 Å². The maximum absolute atomic E-state index is 13.5. The molecule has 0 saturated heterocycles. The Kier molecular flexibility index (Phi) is 5.64. The molecule has 0 aromatic heterocycles. The fourth-order valence-electron chi connectivity index (χ4n) is 1.90. The van der Waals surface area contributed by atoms with Crippen LogP contribution in [0.25, 0.3) is 0 Å². The molecular weight excluding hydrogens is 334 g/mol. The van der Waals surface area contributed by atoms with Crippen molar-refractivity contribution >= 4 is 34.7 Å². The Bertz CT molecular complexity index is 783. The summed E-state index contributed by atoms with van der Waals surface area (Å²) in [5.41, 5.74) is 7.40. The molecule has 2 rings (SSSR count). The zero-order valence-electron chi connectivity index (χ0n) is 13.0. The van der Waals surface area contributed by atoms with Crippen LogP contribution in [0.1, 0.15) is 11.1 Å². The zero-order chi connectivity index (χ0) is 17.7. The molecular formula is C16H16F2N4OS. The number of rotatable bonds is 2. The number of hydrogen-bond donors (Lipinski definition) is 4. The van der Waals surface area contributed by atoms with Crippen molar-refractivity contribution in [3.8, 4) is 0 Å². The summed E-state index contributed by atoms with van der Waals surface area (Å²) in [6.45, 7) is 3.83. The Morgan fingerprint density at radius 1 is 1.00 bits per heavy atom. The highest BCUT2D eigenvalue weighted by Gasteiger charge is 2.08. The molecule has 0 aliphatic carbocycles. The SMILES string of the molecule is Cc1cccc(NC(=O)NNC(=S)Nc2ccc(F)cc2F)c1C. The minimum Gasteiger partial charge on any atom is -0.329 e. The molecule has 24 heavy (non-hydrogen) atoms. The van der Waals surface area contributed by atoms with Gasteiger partial charge in [0.1, 0.15) is 11.6 Å². The summed E-state index contributed by atoms with van der Waals surface area (Å²) < 4.78 is 26.3. The quantitative estimate of drug-likeness (QED) is 0.494. The van der Waals surface area contributed by atoms with E-state index < -0.39 is 17.7 Å². The zero-order valence-corrected chi connectivity index (χ0v) is 13.9. The molecule has 5 nitrogen and oxygen atoms in total. The van der Waals surface area contributed by atoms with Gasteiger partial charge in [0.15, 0.2) is 5.11 Å². The van der Waals surface area contributed by atoms with Crippen LogP contribution in [-0.2, 0) is 0 Å². The molecule has 126 valence electrons. The fraction of sp³-hybridized carbons (Fsp3) is 0.125. The Morgan fingerprint density at radius 2 is 1.75 bits per heavy atom. The second-order valence-corrected chi connectivity index (χ2v) is 5.44. The monoisotopic (exact) mass is 350 g/mol. The maximum Gasteiger partial charge on any atom is 0.337 e. The van der Waals surface area contributed by atoms with E-state index in [-0.39, 0.29) is 10.8 Å². The summed E-state index contributed by atoms with van der Waals surface area (Å²) >= 11 is 4.93. The van der Waals surface area contributed by atoms with Crippen LogP contribution < -0.4 is 21.5 Å². The number of hydrazine groups is 1. The normalized spacial score (nSPS) is 10.0. The molecule has 2 aromatic carbocycles. The van der Waals surface area contributed by atoms with E-state index >= 15 is 0 Å². The Balaban J connectivity index is 1.87. The van der Waals surface area contributed by atoms with Crippen LogP contribution in [0.2, 0.25) is 0 Å². The van der Waals surface area contributed by atoms with Gasteiger partial charge >= 0.3 is 6.03 Å². The van der Waals surface area contributed by atoms with Gasteiger partial charge in [0.05, 0.1) is 5.69 Å². The van der Waals surface area contributed by atoms with E-state index in [4.69, 9.17) is 12.2 Å². The molecule has 0 unspecified atom stereocenters. The van der Waals surface area contributed by atoms with E-state index in [9.17, 15) is 13.6 Å². The lowest BCUT2D eigenvalue weighted by atomic mass is 10.1. The van der Waals surface area contributed by atoms with Gasteiger partial charge in [-0.05, 0) is 55.4 Å². The molecule has 0 heterocycles. The van der Waals surface area contributed by atoms with Gasteiger partial charge in [0.2, 0.25) is 0 Å². The van der Waals surface area contributed by atoms with E-state index in [2.05, 4.69) is 21.5 Å². The summed E-state index contributed by atoms with van der Waals surface area (Å²) in [6.07, 6.45) is 0. The predicted molar refractivity (Wildman–Crippen MR) is 93.8 cm³/mol. The van der Waals surface area contributed by atoms with Crippen molar-refractivity contribution in [2.45, 2.75) is 13.8 Å². The van der Waals surface area contributed by atoms with Crippen LogP contribution in [0.15, 0.2) is 36.4 Å². The second-order valence-electron chi connectivity index (χ2n) is 5.03. The van der Waals surface area contributed by atoms with E-state index in [1.165, 1.54) is 6.07 Å². The Labute approximate surface area is 143 Å². The van der Waals surface area contributed by atoms with E-state index in [0.29, 0.717) is 5.69 Å². The van der Waals surface area contributed by atoms with E-state index in [1.807, 2.05) is 26.0 Å². The molecule has 0 saturated carbocycles. The molecule has 0 spiro atoms. The van der Waals surface area contributed by atoms with Gasteiger partial charge in [0, 0.05) is 11.8 Å². The van der Waals surface area contributed by atoms with Crippen molar-refractivity contribution in [1.29, 1.82) is 0 Å². The number of urea groups is 1. The molecule has 0 bridgehead atoms. The lowest BCUT2D eigenvalue weighted by Crippen LogP contribution is -2.45. The predicted octanol–water partition coefficient (Wildman–Crippen LogP) is 3.60. The van der Waals surface area contributed by atoms with Gasteiger partial charge < -0.3 is 10.6 Å². The lowest BCUT2D eigenvalue weighted by Gasteiger charge is -2.14. The highest BCUT2D eigenvalue weighted by atomic mass is 32.1. The minimum absolute atomic E-state index is 0.00867. The highest BCUT2D eigenvalue weighted by Crippen LogP contribution is 2.17. The number of halogens is 2. The smallest absolute Gasteiger partial charge is 0.329 e. The first-order valence-electron chi connectivity index (χ1n) is 7.02. The Hall–Kier alpha value is -2.74. The van der Waals surface area contributed by atoms with Crippen LogP contribution in [0, 0.1) is 25.5 Å². The summed E-state index contributed by atoms with van der Waals surface area (Å²) in [7, 11) is 0. The number of hydrogen-bond acceptors (Lipinski definition) is 2. The molecule has 8 heteroatoms. The molecule has 0 aliphatic heterocycles. The maximum atomic E-state index is 13.5. The molecule has 2 amide bonds. The van der Waals surface area contributed by atoms with Crippen molar-refractivity contribution in [2.24, 2.45) is 0 Å². The number of aryl methyl sites for hydroxylation is 1. The van der Waals surface area contributed by atoms with Crippen molar-refractivity contribution < 1.29 is 13.6 Å². The first kappa shape index (κ1) is 17.6. The molecule has 4 N–H and O–H groups in total. The van der Waals surface area contributed by atoms with Crippen LogP contribution >= 0.6 is 12.2 Å². The van der Waals surface area contributed by atoms with Gasteiger partial charge in [0.25, 0.3) is 0 Å². The van der Waals surface area contributed by atoms with Crippen molar-refractivity contribution in [3.63, 3.8) is 0 Å². The lowest BCUT2D eigenvalue weighted by molar-refractivity contribution is 0.250. The standard InChI is InChI=1S/C16H16F2N4OS/c1-9-4-3-5-13(10(9)2)19-15(23)21-22-16(24)20-14-7-6-11(17)8-12(14)18/h3-8H,1-2H3,(H2,19,21,23)(H2,20,22,24). The Morgan fingerprint density at radius 3 is 2.46 bits per heavy atom. The van der Waals surface area contributed by atoms with Crippen LogP contribution in [0.4, 0.5) is 25.0 Å². The third-order valence-corrected chi connectivity index (χ3v) is 3.53. The largest absolute Gasteiger partial charge is 0.337 e. The van der Waals surface area contributed by atoms with E-state index in [1.54, 1.807) is 6.07 Å². The van der Waals surface area contributed by atoms with Crippen LogP contribution in [0.3, 0.4) is 0 Å². The second kappa shape index (κ2) is 7.69. The third kappa shape index (κ3) is 4.63. The van der Waals surface area contributed by atoms with Gasteiger partial charge in [-0.15, -0.1) is 0 Å².